The average molecular weight is 312 g/mol. The van der Waals surface area contributed by atoms with Crippen LogP contribution in [0.15, 0.2) is 35.2 Å². The third-order valence-electron chi connectivity index (χ3n) is 4.41. The third-order valence-corrected chi connectivity index (χ3v) is 4.41. The van der Waals surface area contributed by atoms with Gasteiger partial charge in [-0.15, -0.1) is 0 Å². The van der Waals surface area contributed by atoms with Gasteiger partial charge >= 0.3 is 6.03 Å². The maximum atomic E-state index is 12.7. The van der Waals surface area contributed by atoms with Gasteiger partial charge in [0.2, 0.25) is 0 Å². The van der Waals surface area contributed by atoms with Gasteiger partial charge in [0.15, 0.2) is 0 Å². The van der Waals surface area contributed by atoms with Gasteiger partial charge in [0, 0.05) is 12.0 Å². The Labute approximate surface area is 134 Å². The van der Waals surface area contributed by atoms with Crippen LogP contribution in [0.2, 0.25) is 0 Å². The van der Waals surface area contributed by atoms with E-state index >= 15 is 0 Å². The zero-order chi connectivity index (χ0) is 15.8. The second-order valence-corrected chi connectivity index (χ2v) is 6.36. The molecular formula is C17H20N4O2. The predicted octanol–water partition coefficient (Wildman–Crippen LogP) is 3.70. The summed E-state index contributed by atoms with van der Waals surface area (Å²) in [7, 11) is 0. The normalized spacial score (nSPS) is 18.5. The molecular weight excluding hydrogens is 292 g/mol. The molecule has 2 heterocycles. The van der Waals surface area contributed by atoms with E-state index in [4.69, 9.17) is 4.42 Å². The fourth-order valence-electron chi connectivity index (χ4n) is 2.82. The Balaban J connectivity index is 1.46. The number of aromatic nitrogens is 2. The lowest BCUT2D eigenvalue weighted by Crippen LogP contribution is -2.38. The number of furan rings is 1. The SMILES string of the molecule is C[C@H](c1ccco1)N(C(=O)Nc1cnc(C2CC2)nc1)C1CC1. The van der Waals surface area contributed by atoms with Gasteiger partial charge in [0.1, 0.15) is 11.6 Å². The highest BCUT2D eigenvalue weighted by Gasteiger charge is 2.37. The first-order valence-electron chi connectivity index (χ1n) is 8.17. The minimum Gasteiger partial charge on any atom is -0.467 e. The van der Waals surface area contributed by atoms with E-state index < -0.39 is 0 Å². The predicted molar refractivity (Wildman–Crippen MR) is 85.0 cm³/mol. The molecule has 2 aliphatic carbocycles. The number of carbonyl (C=O) groups is 1. The van der Waals surface area contributed by atoms with Gasteiger partial charge in [-0.3, -0.25) is 0 Å². The summed E-state index contributed by atoms with van der Waals surface area (Å²) in [6.07, 6.45) is 9.44. The Bertz CT molecular complexity index is 675. The van der Waals surface area contributed by atoms with E-state index in [1.807, 2.05) is 24.0 Å². The molecule has 120 valence electrons. The van der Waals surface area contributed by atoms with Crippen molar-refractivity contribution in [1.29, 1.82) is 0 Å². The lowest BCUT2D eigenvalue weighted by Gasteiger charge is -2.28. The fraction of sp³-hybridized carbons (Fsp3) is 0.471. The maximum absolute atomic E-state index is 12.7. The third kappa shape index (κ3) is 3.06. The molecule has 0 unspecified atom stereocenters. The number of carbonyl (C=O) groups excluding carboxylic acids is 1. The number of hydrogen-bond donors (Lipinski definition) is 1. The number of hydrogen-bond acceptors (Lipinski definition) is 4. The molecule has 0 aliphatic heterocycles. The van der Waals surface area contributed by atoms with Gasteiger partial charge in [-0.1, -0.05) is 0 Å². The van der Waals surface area contributed by atoms with Gasteiger partial charge in [-0.2, -0.15) is 0 Å². The molecule has 0 aromatic carbocycles. The smallest absolute Gasteiger partial charge is 0.322 e. The van der Waals surface area contributed by atoms with Crippen LogP contribution >= 0.6 is 0 Å². The molecule has 0 radical (unpaired) electrons. The Kier molecular flexibility index (Phi) is 3.52. The largest absolute Gasteiger partial charge is 0.467 e. The van der Waals surface area contributed by atoms with Crippen molar-refractivity contribution in [1.82, 2.24) is 14.9 Å². The summed E-state index contributed by atoms with van der Waals surface area (Å²) in [4.78, 5) is 23.2. The van der Waals surface area contributed by atoms with Gasteiger partial charge < -0.3 is 14.6 Å². The molecule has 2 amide bonds. The molecule has 6 heteroatoms. The number of nitrogens with zero attached hydrogens (tertiary/aromatic N) is 3. The number of nitrogens with one attached hydrogen (secondary N) is 1. The Hall–Kier alpha value is -2.37. The van der Waals surface area contributed by atoms with Crippen LogP contribution in [0, 0.1) is 0 Å². The molecule has 23 heavy (non-hydrogen) atoms. The molecule has 6 nitrogen and oxygen atoms in total. The van der Waals surface area contributed by atoms with Crippen molar-refractivity contribution < 1.29 is 9.21 Å². The van der Waals surface area contributed by atoms with Gasteiger partial charge in [0.25, 0.3) is 0 Å². The number of anilines is 1. The summed E-state index contributed by atoms with van der Waals surface area (Å²) in [5.41, 5.74) is 0.636. The van der Waals surface area contributed by atoms with Crippen molar-refractivity contribution in [2.24, 2.45) is 0 Å². The summed E-state index contributed by atoms with van der Waals surface area (Å²) in [6, 6.07) is 3.81. The zero-order valence-corrected chi connectivity index (χ0v) is 13.1. The van der Waals surface area contributed by atoms with Crippen molar-refractivity contribution in [2.45, 2.75) is 50.6 Å². The summed E-state index contributed by atoms with van der Waals surface area (Å²) in [5.74, 6) is 2.19. The lowest BCUT2D eigenvalue weighted by atomic mass is 10.2. The van der Waals surface area contributed by atoms with Crippen molar-refractivity contribution >= 4 is 11.7 Å². The fourth-order valence-corrected chi connectivity index (χ4v) is 2.82. The molecule has 0 saturated heterocycles. The number of amides is 2. The summed E-state index contributed by atoms with van der Waals surface area (Å²) in [5, 5.41) is 2.91. The van der Waals surface area contributed by atoms with E-state index in [2.05, 4.69) is 15.3 Å². The number of rotatable bonds is 5. The van der Waals surface area contributed by atoms with Crippen LogP contribution in [0.5, 0.6) is 0 Å². The highest BCUT2D eigenvalue weighted by atomic mass is 16.3. The number of urea groups is 1. The molecule has 2 aromatic heterocycles. The van der Waals surface area contributed by atoms with Crippen LogP contribution in [0.3, 0.4) is 0 Å². The van der Waals surface area contributed by atoms with Gasteiger partial charge in [-0.05, 0) is 44.7 Å². The standard InChI is InChI=1S/C17H20N4O2/c1-11(15-3-2-8-23-15)21(14-6-7-14)17(22)20-13-9-18-16(19-10-13)12-4-5-12/h2-3,8-12,14H,4-7H2,1H3,(H,20,22)/t11-/m1/s1. The molecule has 4 rings (SSSR count). The van der Waals surface area contributed by atoms with Crippen LogP contribution in [0.4, 0.5) is 10.5 Å². The topological polar surface area (TPSA) is 71.3 Å². The monoisotopic (exact) mass is 312 g/mol. The minimum absolute atomic E-state index is 0.0934. The summed E-state index contributed by atoms with van der Waals surface area (Å²) < 4.78 is 5.46. The molecule has 0 bridgehead atoms. The highest BCUT2D eigenvalue weighted by molar-refractivity contribution is 5.89. The van der Waals surface area contributed by atoms with E-state index in [1.165, 1.54) is 12.8 Å². The first-order chi connectivity index (χ1) is 11.2. The first-order valence-corrected chi connectivity index (χ1v) is 8.17. The molecule has 2 aliphatic rings. The van der Waals surface area contributed by atoms with E-state index in [0.29, 0.717) is 11.6 Å². The van der Waals surface area contributed by atoms with Gasteiger partial charge in [0.05, 0.1) is 30.4 Å². The Morgan fingerprint density at radius 1 is 1.30 bits per heavy atom. The second-order valence-electron chi connectivity index (χ2n) is 6.36. The van der Waals surface area contributed by atoms with Crippen LogP contribution in [0.1, 0.15) is 56.2 Å². The van der Waals surface area contributed by atoms with Crippen LogP contribution in [0.25, 0.3) is 0 Å². The van der Waals surface area contributed by atoms with Crippen LogP contribution < -0.4 is 5.32 Å². The summed E-state index contributed by atoms with van der Waals surface area (Å²) in [6.45, 7) is 1.99. The quantitative estimate of drug-likeness (QED) is 0.913. The minimum atomic E-state index is -0.126. The molecule has 2 aromatic rings. The van der Waals surface area contributed by atoms with Crippen LogP contribution in [-0.4, -0.2) is 26.9 Å². The highest BCUT2D eigenvalue weighted by Crippen LogP contribution is 2.38. The van der Waals surface area contributed by atoms with E-state index in [0.717, 1.165) is 24.4 Å². The molecule has 2 fully saturated rings. The zero-order valence-electron chi connectivity index (χ0n) is 13.1. The Morgan fingerprint density at radius 3 is 2.61 bits per heavy atom. The molecule has 1 atom stereocenters. The Morgan fingerprint density at radius 2 is 2.04 bits per heavy atom. The first kappa shape index (κ1) is 14.2. The van der Waals surface area contributed by atoms with Crippen molar-refractivity contribution in [3.05, 3.63) is 42.4 Å². The van der Waals surface area contributed by atoms with Crippen molar-refractivity contribution in [3.8, 4) is 0 Å². The van der Waals surface area contributed by atoms with E-state index in [9.17, 15) is 4.79 Å². The van der Waals surface area contributed by atoms with E-state index in [1.54, 1.807) is 18.7 Å². The lowest BCUT2D eigenvalue weighted by molar-refractivity contribution is 0.179. The average Bonchev–Trinajstić information content (AvgIpc) is 3.48. The van der Waals surface area contributed by atoms with Crippen molar-refractivity contribution in [2.75, 3.05) is 5.32 Å². The second kappa shape index (κ2) is 5.68. The molecule has 0 spiro atoms. The maximum Gasteiger partial charge on any atom is 0.322 e. The molecule has 1 N–H and O–H groups in total. The molecule has 2 saturated carbocycles. The van der Waals surface area contributed by atoms with Crippen molar-refractivity contribution in [3.63, 3.8) is 0 Å². The van der Waals surface area contributed by atoms with Gasteiger partial charge in [-0.25, -0.2) is 14.8 Å². The van der Waals surface area contributed by atoms with Crippen LogP contribution in [-0.2, 0) is 0 Å². The van der Waals surface area contributed by atoms with E-state index in [-0.39, 0.29) is 18.1 Å². The summed E-state index contributed by atoms with van der Waals surface area (Å²) >= 11 is 0.